The lowest BCUT2D eigenvalue weighted by atomic mass is 9.66. The molecule has 37 heavy (non-hydrogen) atoms. The monoisotopic (exact) mass is 525 g/mol. The van der Waals surface area contributed by atoms with Crippen molar-refractivity contribution < 1.29 is 19.5 Å². The fraction of sp³-hybridized carbons (Fsp3) is 0.552. The van der Waals surface area contributed by atoms with E-state index in [1.807, 2.05) is 44.2 Å². The predicted molar refractivity (Wildman–Crippen MR) is 147 cm³/mol. The summed E-state index contributed by atoms with van der Waals surface area (Å²) in [6.45, 7) is 14.7. The number of hydrogen-bond acceptors (Lipinski definition) is 5. The van der Waals surface area contributed by atoms with Crippen LogP contribution in [-0.2, 0) is 20.9 Å². The number of aliphatic hydroxyl groups is 1. The van der Waals surface area contributed by atoms with Gasteiger partial charge in [-0.15, -0.1) is 24.9 Å². The molecule has 200 valence electrons. The second-order valence-corrected chi connectivity index (χ2v) is 12.7. The van der Waals surface area contributed by atoms with Crippen LogP contribution in [0.1, 0.15) is 39.2 Å². The number of β-amino-alcohol motifs (C(OH)–C–C–N with tert-alkyl or cyclic N) is 1. The molecule has 7 nitrogen and oxygen atoms in total. The molecule has 2 bridgehead atoms. The molecule has 0 aliphatic carbocycles. The Hall–Kier alpha value is -2.58. The molecule has 0 saturated carbocycles. The zero-order chi connectivity index (χ0) is 27.0. The molecular formula is C29H39N3O4S. The number of hydrogen-bond donors (Lipinski definition) is 1. The number of likely N-dealkylation sites (tertiary alicyclic amines) is 1. The topological polar surface area (TPSA) is 81.2 Å². The predicted octanol–water partition coefficient (Wildman–Crippen LogP) is 3.10. The standard InChI is InChI=1S/C29H39N3O4S/c1-6-15-30(19-21-11-9-8-10-12-21)25(34)22-23-26(35)32(17-18-33)24(27(36)31(16-7-2)20(3)4)29(23)14-13-28(22,5)37-29/h6-12,20,22-24,33H,1-2,13-19H2,3-5H3/t22-,23+,24?,28+,29?/m1/s1. The molecule has 1 N–H and O–H groups in total. The average molecular weight is 526 g/mol. The average Bonchev–Trinajstić information content (AvgIpc) is 3.43. The third-order valence-electron chi connectivity index (χ3n) is 8.23. The van der Waals surface area contributed by atoms with Crippen LogP contribution in [0, 0.1) is 11.8 Å². The highest BCUT2D eigenvalue weighted by molar-refractivity contribution is 8.02. The van der Waals surface area contributed by atoms with E-state index in [0.29, 0.717) is 26.1 Å². The minimum Gasteiger partial charge on any atom is -0.395 e. The maximum atomic E-state index is 14.2. The molecule has 3 amide bonds. The molecule has 4 rings (SSSR count). The van der Waals surface area contributed by atoms with Crippen molar-refractivity contribution in [1.29, 1.82) is 0 Å². The van der Waals surface area contributed by atoms with E-state index < -0.39 is 27.4 Å². The van der Waals surface area contributed by atoms with Crippen LogP contribution in [0.5, 0.6) is 0 Å². The van der Waals surface area contributed by atoms with E-state index in [2.05, 4.69) is 20.1 Å². The maximum absolute atomic E-state index is 14.2. The molecule has 3 aliphatic heterocycles. The lowest BCUT2D eigenvalue weighted by molar-refractivity contribution is -0.146. The molecule has 1 spiro atoms. The first-order valence-electron chi connectivity index (χ1n) is 13.1. The Labute approximate surface area is 224 Å². The van der Waals surface area contributed by atoms with E-state index in [1.165, 1.54) is 0 Å². The fourth-order valence-electron chi connectivity index (χ4n) is 6.67. The van der Waals surface area contributed by atoms with Crippen molar-refractivity contribution in [2.24, 2.45) is 11.8 Å². The molecule has 8 heteroatoms. The van der Waals surface area contributed by atoms with E-state index in [9.17, 15) is 19.5 Å². The number of nitrogens with zero attached hydrogens (tertiary/aromatic N) is 3. The first-order valence-corrected chi connectivity index (χ1v) is 13.9. The number of amides is 3. The summed E-state index contributed by atoms with van der Waals surface area (Å²) >= 11 is 1.66. The Morgan fingerprint density at radius 3 is 2.43 bits per heavy atom. The van der Waals surface area contributed by atoms with Crippen LogP contribution in [0.3, 0.4) is 0 Å². The smallest absolute Gasteiger partial charge is 0.247 e. The third kappa shape index (κ3) is 4.52. The second-order valence-electron chi connectivity index (χ2n) is 10.8. The molecule has 1 aromatic rings. The Morgan fingerprint density at radius 2 is 1.84 bits per heavy atom. The number of carbonyl (C=O) groups excluding carboxylic acids is 3. The van der Waals surface area contributed by atoms with Gasteiger partial charge in [-0.25, -0.2) is 0 Å². The highest BCUT2D eigenvalue weighted by Crippen LogP contribution is 2.71. The van der Waals surface area contributed by atoms with Gasteiger partial charge in [0.2, 0.25) is 17.7 Å². The summed E-state index contributed by atoms with van der Waals surface area (Å²) in [5, 5.41) is 9.85. The summed E-state index contributed by atoms with van der Waals surface area (Å²) in [5.41, 5.74) is 1.01. The van der Waals surface area contributed by atoms with Gasteiger partial charge in [0, 0.05) is 37.0 Å². The molecule has 3 fully saturated rings. The van der Waals surface area contributed by atoms with Crippen LogP contribution in [0.2, 0.25) is 0 Å². The second kappa shape index (κ2) is 10.7. The molecule has 2 unspecified atom stereocenters. The van der Waals surface area contributed by atoms with Gasteiger partial charge in [-0.1, -0.05) is 42.5 Å². The van der Waals surface area contributed by atoms with Crippen LogP contribution in [0.15, 0.2) is 55.6 Å². The summed E-state index contributed by atoms with van der Waals surface area (Å²) in [7, 11) is 0. The first kappa shape index (κ1) is 27.5. The summed E-state index contributed by atoms with van der Waals surface area (Å²) in [6, 6.07) is 9.02. The van der Waals surface area contributed by atoms with E-state index >= 15 is 0 Å². The largest absolute Gasteiger partial charge is 0.395 e. The lowest BCUT2D eigenvalue weighted by Crippen LogP contribution is -2.56. The van der Waals surface area contributed by atoms with Gasteiger partial charge in [-0.2, -0.15) is 0 Å². The van der Waals surface area contributed by atoms with Crippen LogP contribution in [0.25, 0.3) is 0 Å². The molecule has 1 aromatic carbocycles. The van der Waals surface area contributed by atoms with Crippen molar-refractivity contribution >= 4 is 29.5 Å². The highest BCUT2D eigenvalue weighted by atomic mass is 32.2. The molecule has 0 aromatic heterocycles. The van der Waals surface area contributed by atoms with Gasteiger partial charge in [0.05, 0.1) is 23.2 Å². The first-order chi connectivity index (χ1) is 17.6. The fourth-order valence-corrected chi connectivity index (χ4v) is 9.01. The quantitative estimate of drug-likeness (QED) is 0.449. The minimum atomic E-state index is -0.717. The number of rotatable bonds is 11. The van der Waals surface area contributed by atoms with Gasteiger partial charge in [0.25, 0.3) is 0 Å². The molecule has 3 aliphatic rings. The van der Waals surface area contributed by atoms with Crippen molar-refractivity contribution in [2.75, 3.05) is 26.2 Å². The van der Waals surface area contributed by atoms with Gasteiger partial charge in [0.1, 0.15) is 6.04 Å². The number of aliphatic hydroxyl groups excluding tert-OH is 1. The SMILES string of the molecule is C=CCN(Cc1ccccc1)C(=O)[C@H]1[C@H]2C(=O)N(CCO)C(C(=O)N(CC=C)C(C)C)C23CC[C@]1(C)S3. The summed E-state index contributed by atoms with van der Waals surface area (Å²) in [6.07, 6.45) is 4.86. The normalized spacial score (nSPS) is 29.9. The molecular weight excluding hydrogens is 486 g/mol. The van der Waals surface area contributed by atoms with Crippen molar-refractivity contribution in [3.05, 3.63) is 61.2 Å². The molecule has 5 atom stereocenters. The zero-order valence-corrected chi connectivity index (χ0v) is 23.0. The number of carbonyl (C=O) groups is 3. The van der Waals surface area contributed by atoms with Crippen LogP contribution < -0.4 is 0 Å². The van der Waals surface area contributed by atoms with Crippen LogP contribution >= 0.6 is 11.8 Å². The van der Waals surface area contributed by atoms with Crippen molar-refractivity contribution in [2.45, 2.75) is 61.7 Å². The Bertz CT molecular complexity index is 1060. The van der Waals surface area contributed by atoms with Gasteiger partial charge in [-0.05, 0) is 39.2 Å². The van der Waals surface area contributed by atoms with Crippen molar-refractivity contribution in [3.8, 4) is 0 Å². The zero-order valence-electron chi connectivity index (χ0n) is 22.1. The van der Waals surface area contributed by atoms with Gasteiger partial charge >= 0.3 is 0 Å². The Kier molecular flexibility index (Phi) is 7.91. The van der Waals surface area contributed by atoms with E-state index in [1.54, 1.807) is 38.6 Å². The van der Waals surface area contributed by atoms with Crippen molar-refractivity contribution in [1.82, 2.24) is 14.7 Å². The van der Waals surface area contributed by atoms with E-state index in [4.69, 9.17) is 0 Å². The number of thioether (sulfide) groups is 1. The number of fused-ring (bicyclic) bond motifs is 1. The van der Waals surface area contributed by atoms with E-state index in [0.717, 1.165) is 12.0 Å². The van der Waals surface area contributed by atoms with Gasteiger partial charge in [-0.3, -0.25) is 14.4 Å². The third-order valence-corrected chi connectivity index (χ3v) is 10.2. The van der Waals surface area contributed by atoms with Gasteiger partial charge in [0.15, 0.2) is 0 Å². The van der Waals surface area contributed by atoms with Gasteiger partial charge < -0.3 is 19.8 Å². The minimum absolute atomic E-state index is 0.0671. The summed E-state index contributed by atoms with van der Waals surface area (Å²) in [5.74, 6) is -1.54. The number of benzene rings is 1. The lowest BCUT2D eigenvalue weighted by Gasteiger charge is -2.39. The molecule has 3 saturated heterocycles. The summed E-state index contributed by atoms with van der Waals surface area (Å²) < 4.78 is -1.14. The molecule has 0 radical (unpaired) electrons. The van der Waals surface area contributed by atoms with Crippen molar-refractivity contribution in [3.63, 3.8) is 0 Å². The maximum Gasteiger partial charge on any atom is 0.247 e. The Balaban J connectivity index is 1.74. The van der Waals surface area contributed by atoms with Crippen LogP contribution in [-0.4, -0.2) is 85.3 Å². The Morgan fingerprint density at radius 1 is 1.16 bits per heavy atom. The molecule has 3 heterocycles. The van der Waals surface area contributed by atoms with E-state index in [-0.39, 0.29) is 36.9 Å². The van der Waals surface area contributed by atoms with Crippen LogP contribution in [0.4, 0.5) is 0 Å². The highest BCUT2D eigenvalue weighted by Gasteiger charge is 2.77. The summed E-state index contributed by atoms with van der Waals surface area (Å²) in [4.78, 5) is 47.4.